The van der Waals surface area contributed by atoms with E-state index in [0.29, 0.717) is 43.1 Å². The van der Waals surface area contributed by atoms with Crippen molar-refractivity contribution in [2.45, 2.75) is 45.6 Å². The van der Waals surface area contributed by atoms with Crippen molar-refractivity contribution in [1.29, 1.82) is 0 Å². The van der Waals surface area contributed by atoms with Crippen LogP contribution in [0.3, 0.4) is 0 Å². The third-order valence-electron chi connectivity index (χ3n) is 7.87. The molecule has 6 rings (SSSR count). The number of pyridine rings is 1. The zero-order chi connectivity index (χ0) is 32.7. The van der Waals surface area contributed by atoms with Crippen LogP contribution in [0.5, 0.6) is 11.5 Å². The van der Waals surface area contributed by atoms with E-state index in [0.717, 1.165) is 34.6 Å². The molecular weight excluding hydrogens is 582 g/mol. The van der Waals surface area contributed by atoms with E-state index < -0.39 is 5.60 Å². The molecule has 0 bridgehead atoms. The first kappa shape index (κ1) is 32.6. The second-order valence-electron chi connectivity index (χ2n) is 11.7. The van der Waals surface area contributed by atoms with Crippen molar-refractivity contribution in [3.63, 3.8) is 0 Å². The minimum atomic E-state index is -0.570. The number of carbonyl (C=O) groups excluding carboxylic acids is 1. The molecule has 242 valence electrons. The minimum absolute atomic E-state index is 0.0286. The van der Waals surface area contributed by atoms with Gasteiger partial charge in [-0.15, -0.1) is 0 Å². The molecule has 0 unspecified atom stereocenters. The Bertz CT molecular complexity index is 1800. The maximum atomic E-state index is 12.8. The smallest absolute Gasteiger partial charge is 0.246 e. The molecule has 1 N–H and O–H groups in total. The molecule has 1 fully saturated rings. The van der Waals surface area contributed by atoms with Gasteiger partial charge in [0.1, 0.15) is 29.7 Å². The first-order valence-corrected chi connectivity index (χ1v) is 15.6. The summed E-state index contributed by atoms with van der Waals surface area (Å²) in [5, 5.41) is 12.1. The maximum Gasteiger partial charge on any atom is 0.246 e. The number of piperidine rings is 1. The largest absolute Gasteiger partial charge is 0.457 e. The average Bonchev–Trinajstić information content (AvgIpc) is 3.71. The zero-order valence-electron chi connectivity index (χ0n) is 27.5. The van der Waals surface area contributed by atoms with Crippen molar-refractivity contribution in [1.82, 2.24) is 39.0 Å². The van der Waals surface area contributed by atoms with Crippen LogP contribution in [0.1, 0.15) is 44.2 Å². The lowest BCUT2D eigenvalue weighted by atomic mass is 9.84. The van der Waals surface area contributed by atoms with Crippen molar-refractivity contribution in [3.8, 4) is 11.5 Å². The van der Waals surface area contributed by atoms with E-state index in [1.165, 1.54) is 19.1 Å². The monoisotopic (exact) mass is 625 g/mol. The summed E-state index contributed by atoms with van der Waals surface area (Å²) >= 11 is 0. The molecule has 0 aliphatic carbocycles. The van der Waals surface area contributed by atoms with Crippen molar-refractivity contribution >= 4 is 28.6 Å². The summed E-state index contributed by atoms with van der Waals surface area (Å²) in [7, 11) is 5.69. The van der Waals surface area contributed by atoms with Gasteiger partial charge in [0, 0.05) is 62.5 Å². The molecule has 46 heavy (non-hydrogen) atoms. The summed E-state index contributed by atoms with van der Waals surface area (Å²) in [6.45, 7) is 8.16. The van der Waals surface area contributed by atoms with Crippen molar-refractivity contribution in [2.75, 3.05) is 46.2 Å². The minimum Gasteiger partial charge on any atom is -0.457 e. The quantitative estimate of drug-likeness (QED) is 0.209. The van der Waals surface area contributed by atoms with Gasteiger partial charge in [0.05, 0.1) is 5.60 Å². The van der Waals surface area contributed by atoms with Crippen molar-refractivity contribution in [3.05, 3.63) is 84.7 Å². The Morgan fingerprint density at radius 3 is 2.46 bits per heavy atom. The van der Waals surface area contributed by atoms with Crippen LogP contribution >= 0.6 is 0 Å². The second-order valence-corrected chi connectivity index (χ2v) is 11.7. The summed E-state index contributed by atoms with van der Waals surface area (Å²) in [4.78, 5) is 25.5. The lowest BCUT2D eigenvalue weighted by Gasteiger charge is -2.40. The molecule has 1 amide bonds. The predicted octanol–water partition coefficient (Wildman–Crippen LogP) is 5.61. The van der Waals surface area contributed by atoms with E-state index in [-0.39, 0.29) is 5.91 Å². The van der Waals surface area contributed by atoms with Crippen LogP contribution in [0.2, 0.25) is 0 Å². The number of aryl methyl sites for hydroxylation is 1. The van der Waals surface area contributed by atoms with Gasteiger partial charge in [0.2, 0.25) is 5.91 Å². The Hall–Kier alpha value is -4.81. The van der Waals surface area contributed by atoms with Crippen LogP contribution in [0, 0.1) is 6.92 Å². The van der Waals surface area contributed by atoms with Gasteiger partial charge in [-0.25, -0.2) is 19.0 Å². The molecule has 4 aromatic heterocycles. The molecule has 0 radical (unpaired) electrons. The van der Waals surface area contributed by atoms with E-state index in [1.807, 2.05) is 90.2 Å². The van der Waals surface area contributed by atoms with Gasteiger partial charge in [0.15, 0.2) is 11.5 Å². The Labute approximate surface area is 269 Å². The number of likely N-dealkylation sites (N-methyl/N-ethyl adjacent to an activating group) is 1. The number of carbonyl (C=O) groups is 1. The summed E-state index contributed by atoms with van der Waals surface area (Å²) in [6, 6.07) is 11.7. The number of anilines is 2. The summed E-state index contributed by atoms with van der Waals surface area (Å²) in [5.41, 5.74) is 3.80. The lowest BCUT2D eigenvalue weighted by Crippen LogP contribution is -2.45. The second kappa shape index (κ2) is 14.5. The van der Waals surface area contributed by atoms with Gasteiger partial charge in [-0.05, 0) is 69.8 Å². The van der Waals surface area contributed by atoms with Gasteiger partial charge < -0.3 is 24.6 Å². The fraction of sp³-hybridized carbons (Fsp3) is 0.382. The first-order chi connectivity index (χ1) is 22.3. The first-order valence-electron chi connectivity index (χ1n) is 15.6. The summed E-state index contributed by atoms with van der Waals surface area (Å²) in [5.74, 6) is 2.12. The number of aromatic nitrogens is 6. The SMILES string of the molecule is CCC.COC1(c2ccn3ncnc(Nc4ccc(Oc5ccn6ncnc6c5)c(C)c4)c23)CCN(C(=O)/C=C/CN(C)C)CC1. The molecule has 12 nitrogen and oxygen atoms in total. The summed E-state index contributed by atoms with van der Waals surface area (Å²) < 4.78 is 15.9. The Balaban J connectivity index is 0.00000134. The van der Waals surface area contributed by atoms with E-state index in [9.17, 15) is 4.79 Å². The molecule has 0 saturated carbocycles. The van der Waals surface area contributed by atoms with Crippen LogP contribution in [-0.4, -0.2) is 85.7 Å². The van der Waals surface area contributed by atoms with Crippen LogP contribution < -0.4 is 10.1 Å². The lowest BCUT2D eigenvalue weighted by molar-refractivity contribution is -0.132. The van der Waals surface area contributed by atoms with Crippen LogP contribution in [-0.2, 0) is 15.1 Å². The molecule has 12 heteroatoms. The number of amides is 1. The van der Waals surface area contributed by atoms with Crippen LogP contribution in [0.4, 0.5) is 11.5 Å². The number of ether oxygens (including phenoxy) is 2. The van der Waals surface area contributed by atoms with Gasteiger partial charge in [-0.3, -0.25) is 4.79 Å². The standard InChI is InChI=1S/C31H35N9O3.C3H8/c1-22-18-23(7-8-26(22)43-24-9-14-39-27(19-24)32-20-34-39)36-30-29-25(10-15-40(29)35-21-33-30)31(42-4)11-16-38(17-12-31)28(41)6-5-13-37(2)3;1-3-2/h5-10,14-15,18-21H,11-13,16-17H2,1-4H3,(H,33,35,36);3H2,1-2H3/b6-5+;. The van der Waals surface area contributed by atoms with Gasteiger partial charge in [-0.2, -0.15) is 10.2 Å². The number of benzene rings is 1. The Morgan fingerprint density at radius 2 is 1.74 bits per heavy atom. The Morgan fingerprint density at radius 1 is 1.02 bits per heavy atom. The highest BCUT2D eigenvalue weighted by atomic mass is 16.5. The van der Waals surface area contributed by atoms with Gasteiger partial charge >= 0.3 is 0 Å². The molecule has 0 spiro atoms. The van der Waals surface area contributed by atoms with E-state index in [1.54, 1.807) is 17.7 Å². The predicted molar refractivity (Wildman–Crippen MR) is 179 cm³/mol. The van der Waals surface area contributed by atoms with Crippen LogP contribution in [0.25, 0.3) is 11.2 Å². The molecule has 1 aromatic carbocycles. The number of nitrogens with one attached hydrogen (secondary N) is 1. The Kier molecular flexibility index (Phi) is 10.3. The number of methoxy groups -OCH3 is 1. The molecule has 5 heterocycles. The maximum absolute atomic E-state index is 12.8. The van der Waals surface area contributed by atoms with Crippen molar-refractivity contribution < 1.29 is 14.3 Å². The third kappa shape index (κ3) is 7.19. The number of hydrogen-bond donors (Lipinski definition) is 1. The highest BCUT2D eigenvalue weighted by Crippen LogP contribution is 2.41. The van der Waals surface area contributed by atoms with E-state index in [2.05, 4.69) is 39.3 Å². The summed E-state index contributed by atoms with van der Waals surface area (Å²) in [6.07, 6.45) is 12.9. The zero-order valence-corrected chi connectivity index (χ0v) is 27.5. The van der Waals surface area contributed by atoms with E-state index >= 15 is 0 Å². The molecule has 1 saturated heterocycles. The highest BCUT2D eigenvalue weighted by molar-refractivity contribution is 5.87. The van der Waals surface area contributed by atoms with Crippen molar-refractivity contribution in [2.24, 2.45) is 0 Å². The van der Waals surface area contributed by atoms with Gasteiger partial charge in [0.25, 0.3) is 0 Å². The topological polar surface area (TPSA) is 114 Å². The van der Waals surface area contributed by atoms with Crippen LogP contribution in [0.15, 0.2) is 73.6 Å². The fourth-order valence-corrected chi connectivity index (χ4v) is 5.52. The fourth-order valence-electron chi connectivity index (χ4n) is 5.52. The highest BCUT2D eigenvalue weighted by Gasteiger charge is 2.39. The average molecular weight is 626 g/mol. The van der Waals surface area contributed by atoms with E-state index in [4.69, 9.17) is 9.47 Å². The van der Waals surface area contributed by atoms with Gasteiger partial charge in [-0.1, -0.05) is 26.3 Å². The molecular formula is C34H43N9O3. The number of nitrogens with zero attached hydrogens (tertiary/aromatic N) is 8. The molecule has 1 aliphatic rings. The molecule has 5 aromatic rings. The number of hydrogen-bond acceptors (Lipinski definition) is 9. The number of rotatable bonds is 9. The number of likely N-dealkylation sites (tertiary alicyclic amines) is 1. The molecule has 1 aliphatic heterocycles. The molecule has 0 atom stereocenters. The third-order valence-corrected chi connectivity index (χ3v) is 7.87. The number of fused-ring (bicyclic) bond motifs is 2. The normalized spacial score (nSPS) is 14.5.